The first kappa shape index (κ1) is 81.6. The minimum Gasteiger partial charge on any atom is -0.465 e. The number of ether oxygens (including phenoxy) is 4. The van der Waals surface area contributed by atoms with Crippen molar-refractivity contribution in [2.75, 3.05) is 31.3 Å². The van der Waals surface area contributed by atoms with E-state index in [0.29, 0.717) is 41.4 Å². The van der Waals surface area contributed by atoms with Crippen molar-refractivity contribution in [1.82, 2.24) is 0 Å². The zero-order valence-electron chi connectivity index (χ0n) is 57.6. The lowest BCUT2D eigenvalue weighted by atomic mass is 9.91. The first-order valence-corrected chi connectivity index (χ1v) is 38.5. The van der Waals surface area contributed by atoms with Gasteiger partial charge in [-0.25, -0.2) is 4.79 Å². The molecule has 1 saturated carbocycles. The van der Waals surface area contributed by atoms with Gasteiger partial charge in [-0.15, -0.1) is 0 Å². The molecule has 2 unspecified atom stereocenters. The molecule has 0 N–H and O–H groups in total. The lowest BCUT2D eigenvalue weighted by molar-refractivity contribution is -0.251. The van der Waals surface area contributed by atoms with Crippen LogP contribution in [-0.4, -0.2) is 107 Å². The van der Waals surface area contributed by atoms with Crippen LogP contribution in [0.4, 0.5) is 0 Å². The number of aryl methyl sites for hydroxylation is 1. The van der Waals surface area contributed by atoms with Gasteiger partial charge in [-0.3, -0.25) is 32.3 Å². The first-order valence-electron chi connectivity index (χ1n) is 32.2. The normalized spacial score (nSPS) is 16.2. The standard InChI is InChI=1S/C19H26O7S.C18H22O6S.C17H26O3S.C15H22O7S/c1-6-13(2)15-9-7-14(8-10-15)11-27(22,23)24-12-19(5)16(20)25-18(3,4)26-17(19)21;1-4-18(2,3)17(20)23-10-7-11-25(21,22)24-16-12-15(19)13-8-5-6-9-14(13)16;1-3-14(2)16-11-9-15(10-12-16)13-21(18,19)20-17-7-5-4-6-8-17;1-5-15(3,4)14(17)20-7-6-8-23(18,19)22-12-9-11(2)21-13(16)10-12/h7-10,13H,6,11-12H2,1-5H3;5-6,8-9,12H,4,7,10-11H2,1-3H3;9-12,14,17H,3-8,13H2,1-2H3;9-10H,5-8H2,1-4H3. The van der Waals surface area contributed by atoms with Crippen LogP contribution >= 0.6 is 0 Å². The summed E-state index contributed by atoms with van der Waals surface area (Å²) in [6.45, 7) is 24.2. The van der Waals surface area contributed by atoms with Crippen molar-refractivity contribution in [2.45, 2.75) is 203 Å². The summed E-state index contributed by atoms with van der Waals surface area (Å²) in [5.41, 5.74) is 0.929. The lowest BCUT2D eigenvalue weighted by Crippen LogP contribution is -2.54. The summed E-state index contributed by atoms with van der Waals surface area (Å²) in [6.07, 6.45) is 9.70. The SMILES string of the molecule is CCC(C)(C)C(=O)OCCCS(=O)(=O)OC1=CC(=O)c2ccccc21.CCC(C)(C)C(=O)OCCCS(=O)(=O)Oc1cc(C)oc(=O)c1.CCC(C)c1ccc(CS(=O)(=O)OC2CCCCC2)cc1.CCC(C)c1ccc(CS(=O)(=O)OCC2(C)C(=O)OC(C)(C)OC2=O)cc1. The average Bonchev–Trinajstić information content (AvgIpc) is 0.895. The number of rotatable bonds is 29. The topological polar surface area (TPSA) is 326 Å². The summed E-state index contributed by atoms with van der Waals surface area (Å²) in [4.78, 5) is 70.8. The number of hydrogen-bond acceptors (Lipinski definition) is 23. The van der Waals surface area contributed by atoms with E-state index in [0.717, 1.165) is 55.7 Å². The summed E-state index contributed by atoms with van der Waals surface area (Å²) in [5.74, 6) is -4.08. The molecule has 2 atom stereocenters. The third kappa shape index (κ3) is 26.6. The maximum atomic E-state index is 12.3. The fraction of sp³-hybridized carbons (Fsp3) is 0.565. The third-order valence-corrected chi connectivity index (χ3v) is 21.3. The fourth-order valence-corrected chi connectivity index (χ4v) is 13.3. The smallest absolute Gasteiger partial charge is 0.339 e. The number of ketones is 1. The second-order valence-electron chi connectivity index (χ2n) is 25.9. The van der Waals surface area contributed by atoms with E-state index in [9.17, 15) is 62.4 Å². The number of esters is 4. The van der Waals surface area contributed by atoms with Crippen LogP contribution in [0, 0.1) is 23.2 Å². The summed E-state index contributed by atoms with van der Waals surface area (Å²) in [6, 6.07) is 24.0. The molecule has 27 heteroatoms. The number of cyclic esters (lactones) is 2. The van der Waals surface area contributed by atoms with Crippen molar-refractivity contribution < 1.29 is 97.7 Å². The van der Waals surface area contributed by atoms with Gasteiger partial charge in [-0.05, 0) is 127 Å². The second-order valence-corrected chi connectivity index (χ2v) is 32.5. The van der Waals surface area contributed by atoms with E-state index in [1.165, 1.54) is 51.8 Å². The molecule has 534 valence electrons. The van der Waals surface area contributed by atoms with Crippen LogP contribution in [-0.2, 0) is 103 Å². The van der Waals surface area contributed by atoms with E-state index >= 15 is 0 Å². The molecule has 0 spiro atoms. The van der Waals surface area contributed by atoms with Crippen molar-refractivity contribution in [2.24, 2.45) is 16.2 Å². The Kier molecular flexibility index (Phi) is 30.3. The van der Waals surface area contributed by atoms with Crippen molar-refractivity contribution >= 4 is 75.9 Å². The molecule has 2 aliphatic carbocycles. The van der Waals surface area contributed by atoms with Crippen LogP contribution in [0.3, 0.4) is 0 Å². The van der Waals surface area contributed by atoms with Crippen LogP contribution in [0.5, 0.6) is 5.75 Å². The molecule has 1 saturated heterocycles. The summed E-state index contributed by atoms with van der Waals surface area (Å²) < 4.78 is 142. The van der Waals surface area contributed by atoms with Gasteiger partial charge in [0.1, 0.15) is 17.3 Å². The molecule has 0 amide bonds. The van der Waals surface area contributed by atoms with Crippen molar-refractivity contribution in [3.8, 4) is 5.75 Å². The van der Waals surface area contributed by atoms with E-state index in [-0.39, 0.29) is 90.2 Å². The number of allylic oxidation sites excluding steroid dienone is 1. The molecule has 1 aliphatic heterocycles. The molecule has 4 aromatic rings. The van der Waals surface area contributed by atoms with Crippen LogP contribution < -0.4 is 9.81 Å². The highest BCUT2D eigenvalue weighted by molar-refractivity contribution is 7.87. The third-order valence-electron chi connectivity index (χ3n) is 16.4. The second kappa shape index (κ2) is 35.6. The first-order chi connectivity index (χ1) is 44.6. The van der Waals surface area contributed by atoms with Gasteiger partial charge in [-0.1, -0.05) is 134 Å². The Balaban J connectivity index is 0.000000273. The summed E-state index contributed by atoms with van der Waals surface area (Å²) in [7, 11) is -15.2. The highest BCUT2D eigenvalue weighted by atomic mass is 32.2. The molecule has 2 heterocycles. The van der Waals surface area contributed by atoms with Crippen molar-refractivity contribution in [3.05, 3.63) is 141 Å². The van der Waals surface area contributed by atoms with E-state index in [2.05, 4.69) is 27.7 Å². The Bertz CT molecular complexity index is 3820. The summed E-state index contributed by atoms with van der Waals surface area (Å²) in [5, 5.41) is 0. The van der Waals surface area contributed by atoms with Gasteiger partial charge in [0, 0.05) is 37.1 Å². The Morgan fingerprint density at radius 2 is 1.04 bits per heavy atom. The molecule has 7 rings (SSSR count). The lowest BCUT2D eigenvalue weighted by Gasteiger charge is -2.37. The van der Waals surface area contributed by atoms with Crippen molar-refractivity contribution in [3.63, 3.8) is 0 Å². The van der Waals surface area contributed by atoms with Crippen LogP contribution in [0.25, 0.3) is 5.76 Å². The minimum atomic E-state index is -4.00. The predicted molar refractivity (Wildman–Crippen MR) is 361 cm³/mol. The van der Waals surface area contributed by atoms with E-state index in [1.54, 1.807) is 64.1 Å². The highest BCUT2D eigenvalue weighted by Crippen LogP contribution is 2.34. The van der Waals surface area contributed by atoms with Gasteiger partial charge >= 0.3 is 49.7 Å². The highest BCUT2D eigenvalue weighted by Gasteiger charge is 2.54. The average molecular weight is 1420 g/mol. The van der Waals surface area contributed by atoms with Crippen LogP contribution in [0.15, 0.2) is 100 Å². The number of benzene rings is 3. The molecular weight excluding hydrogens is 1330 g/mol. The molecule has 3 aromatic carbocycles. The van der Waals surface area contributed by atoms with Gasteiger partial charge in [0.05, 0.1) is 54.3 Å². The summed E-state index contributed by atoms with van der Waals surface area (Å²) >= 11 is 0. The molecule has 3 aliphatic rings. The van der Waals surface area contributed by atoms with Gasteiger partial charge in [0.2, 0.25) is 0 Å². The number of carbonyl (C=O) groups excluding carboxylic acids is 5. The van der Waals surface area contributed by atoms with Gasteiger partial charge in [0.15, 0.2) is 22.7 Å². The maximum absolute atomic E-state index is 12.3. The van der Waals surface area contributed by atoms with E-state index in [1.807, 2.05) is 50.2 Å². The fourth-order valence-electron chi connectivity index (χ4n) is 9.04. The Morgan fingerprint density at radius 3 is 1.49 bits per heavy atom. The molecule has 2 fully saturated rings. The molecule has 23 nitrogen and oxygen atoms in total. The zero-order valence-corrected chi connectivity index (χ0v) is 60.9. The largest absolute Gasteiger partial charge is 0.465 e. The van der Waals surface area contributed by atoms with E-state index < -0.39 is 86.7 Å². The minimum absolute atomic E-state index is 0.000577. The Morgan fingerprint density at radius 1 is 0.594 bits per heavy atom. The maximum Gasteiger partial charge on any atom is 0.339 e. The van der Waals surface area contributed by atoms with Gasteiger partial charge in [0.25, 0.3) is 26.0 Å². The Hall–Kier alpha value is -6.78. The number of fused-ring (bicyclic) bond motifs is 1. The zero-order chi connectivity index (χ0) is 72.1. The number of carbonyl (C=O) groups is 5. The monoisotopic (exact) mass is 1420 g/mol. The van der Waals surface area contributed by atoms with Crippen LogP contribution in [0.2, 0.25) is 0 Å². The molecule has 0 bridgehead atoms. The molecule has 96 heavy (non-hydrogen) atoms. The Labute approximate surface area is 567 Å². The van der Waals surface area contributed by atoms with Crippen LogP contribution in [0.1, 0.15) is 216 Å². The van der Waals surface area contributed by atoms with Gasteiger partial charge < -0.3 is 31.7 Å². The molecule has 1 aromatic heterocycles. The quantitative estimate of drug-likeness (QED) is 0.0160. The molecular formula is C69H96O23S4. The van der Waals surface area contributed by atoms with E-state index in [4.69, 9.17) is 40.1 Å². The number of hydrogen-bond donors (Lipinski definition) is 0. The molecule has 0 radical (unpaired) electrons. The van der Waals surface area contributed by atoms with Crippen molar-refractivity contribution in [1.29, 1.82) is 0 Å². The predicted octanol–water partition coefficient (Wildman–Crippen LogP) is 12.2. The van der Waals surface area contributed by atoms with Gasteiger partial charge in [-0.2, -0.15) is 33.7 Å².